The fraction of sp³-hybridized carbons (Fsp3) is 1.00. The minimum atomic E-state index is -2.75. The molecule has 0 spiro atoms. The van der Waals surface area contributed by atoms with Crippen molar-refractivity contribution in [1.29, 1.82) is 0 Å². The van der Waals surface area contributed by atoms with Crippen LogP contribution < -0.4 is 5.32 Å². The van der Waals surface area contributed by atoms with Gasteiger partial charge in [-0.3, -0.25) is 0 Å². The van der Waals surface area contributed by atoms with Gasteiger partial charge in [-0.1, -0.05) is 6.92 Å². The Morgan fingerprint density at radius 2 is 2.13 bits per heavy atom. The van der Waals surface area contributed by atoms with E-state index >= 15 is 0 Å². The van der Waals surface area contributed by atoms with E-state index in [0.29, 0.717) is 16.9 Å². The second-order valence-corrected chi connectivity index (χ2v) is 7.42. The lowest BCUT2D eigenvalue weighted by atomic mass is 10.0. The van der Waals surface area contributed by atoms with Gasteiger partial charge < -0.3 is 5.32 Å². The first-order valence-corrected chi connectivity index (χ1v) is 7.81. The summed E-state index contributed by atoms with van der Waals surface area (Å²) in [5.74, 6) is 0.747. The van der Waals surface area contributed by atoms with Crippen molar-refractivity contribution >= 4 is 9.84 Å². The van der Waals surface area contributed by atoms with Crippen molar-refractivity contribution in [2.24, 2.45) is 5.41 Å². The summed E-state index contributed by atoms with van der Waals surface area (Å²) in [6, 6.07) is 0.216. The highest BCUT2D eigenvalue weighted by molar-refractivity contribution is 7.91. The van der Waals surface area contributed by atoms with Crippen LogP contribution in [0.3, 0.4) is 0 Å². The number of nitrogens with one attached hydrogen (secondary N) is 1. The van der Waals surface area contributed by atoms with E-state index < -0.39 is 9.84 Å². The molecule has 2 aliphatic rings. The Kier molecular flexibility index (Phi) is 3.08. The van der Waals surface area contributed by atoms with Crippen LogP contribution in [0.4, 0.5) is 0 Å². The van der Waals surface area contributed by atoms with E-state index in [9.17, 15) is 8.42 Å². The number of hydrogen-bond donors (Lipinski definition) is 1. The van der Waals surface area contributed by atoms with Crippen molar-refractivity contribution in [3.63, 3.8) is 0 Å². The Morgan fingerprint density at radius 1 is 1.40 bits per heavy atom. The largest absolute Gasteiger partial charge is 0.312 e. The standard InChI is InChI=1S/C11H21NO2S/c1-2-11(5-6-11)9-12-10-4-3-7-15(13,14)8-10/h10,12H,2-9H2,1H3. The molecule has 88 valence electrons. The first-order valence-electron chi connectivity index (χ1n) is 5.99. The van der Waals surface area contributed by atoms with Crippen molar-refractivity contribution in [1.82, 2.24) is 5.32 Å². The predicted octanol–water partition coefficient (Wildman–Crippen LogP) is 1.34. The Hall–Kier alpha value is -0.0900. The van der Waals surface area contributed by atoms with Gasteiger partial charge in [0.1, 0.15) is 0 Å². The fourth-order valence-electron chi connectivity index (χ4n) is 2.38. The monoisotopic (exact) mass is 231 g/mol. The quantitative estimate of drug-likeness (QED) is 0.794. The molecule has 1 saturated heterocycles. The summed E-state index contributed by atoms with van der Waals surface area (Å²) in [4.78, 5) is 0. The molecule has 3 nitrogen and oxygen atoms in total. The zero-order valence-electron chi connectivity index (χ0n) is 9.46. The molecule has 1 N–H and O–H groups in total. The molecule has 0 radical (unpaired) electrons. The number of hydrogen-bond acceptors (Lipinski definition) is 3. The van der Waals surface area contributed by atoms with Gasteiger partial charge in [0.2, 0.25) is 0 Å². The minimum absolute atomic E-state index is 0.216. The van der Waals surface area contributed by atoms with Crippen molar-refractivity contribution in [3.05, 3.63) is 0 Å². The highest BCUT2D eigenvalue weighted by Gasteiger charge is 2.40. The molecule has 1 saturated carbocycles. The predicted molar refractivity (Wildman–Crippen MR) is 61.6 cm³/mol. The van der Waals surface area contributed by atoms with Crippen LogP contribution in [0.1, 0.15) is 39.0 Å². The molecule has 1 atom stereocenters. The Bertz CT molecular complexity index is 319. The summed E-state index contributed by atoms with van der Waals surface area (Å²) in [6.07, 6.45) is 5.71. The zero-order chi connectivity index (χ0) is 10.9. The lowest BCUT2D eigenvalue weighted by Crippen LogP contribution is -2.42. The fourth-order valence-corrected chi connectivity index (χ4v) is 4.05. The van der Waals surface area contributed by atoms with Gasteiger partial charge in [0.15, 0.2) is 9.84 Å². The topological polar surface area (TPSA) is 46.2 Å². The molecule has 1 aliphatic heterocycles. The highest BCUT2D eigenvalue weighted by atomic mass is 32.2. The van der Waals surface area contributed by atoms with E-state index in [2.05, 4.69) is 12.2 Å². The Balaban J connectivity index is 1.80. The van der Waals surface area contributed by atoms with Gasteiger partial charge in [0.05, 0.1) is 11.5 Å². The van der Waals surface area contributed by atoms with Crippen LogP contribution in [0.15, 0.2) is 0 Å². The minimum Gasteiger partial charge on any atom is -0.312 e. The third kappa shape index (κ3) is 2.94. The molecule has 2 fully saturated rings. The molecule has 1 heterocycles. The van der Waals surface area contributed by atoms with E-state index in [1.807, 2.05) is 0 Å². The van der Waals surface area contributed by atoms with Gasteiger partial charge in [-0.15, -0.1) is 0 Å². The maximum absolute atomic E-state index is 11.4. The van der Waals surface area contributed by atoms with Gasteiger partial charge in [0.25, 0.3) is 0 Å². The molecule has 1 aliphatic carbocycles. The summed E-state index contributed by atoms with van der Waals surface area (Å²) in [7, 11) is -2.75. The van der Waals surface area contributed by atoms with Crippen LogP contribution in [-0.4, -0.2) is 32.5 Å². The second-order valence-electron chi connectivity index (χ2n) is 5.19. The average molecular weight is 231 g/mol. The van der Waals surface area contributed by atoms with Crippen LogP contribution in [0.5, 0.6) is 0 Å². The lowest BCUT2D eigenvalue weighted by Gasteiger charge is -2.25. The number of sulfone groups is 1. The molecule has 0 bridgehead atoms. The van der Waals surface area contributed by atoms with E-state index in [-0.39, 0.29) is 6.04 Å². The molecule has 0 aromatic carbocycles. The van der Waals surface area contributed by atoms with Crippen LogP contribution >= 0.6 is 0 Å². The van der Waals surface area contributed by atoms with Gasteiger partial charge >= 0.3 is 0 Å². The van der Waals surface area contributed by atoms with Gasteiger partial charge in [-0.25, -0.2) is 8.42 Å². The van der Waals surface area contributed by atoms with E-state index in [1.54, 1.807) is 0 Å². The summed E-state index contributed by atoms with van der Waals surface area (Å²) < 4.78 is 22.9. The third-order valence-corrected chi connectivity index (χ3v) is 5.76. The van der Waals surface area contributed by atoms with E-state index in [1.165, 1.54) is 19.3 Å². The second kappa shape index (κ2) is 4.06. The van der Waals surface area contributed by atoms with Gasteiger partial charge in [-0.05, 0) is 37.5 Å². The van der Waals surface area contributed by atoms with Crippen LogP contribution in [-0.2, 0) is 9.84 Å². The maximum atomic E-state index is 11.4. The summed E-state index contributed by atoms with van der Waals surface area (Å²) >= 11 is 0. The van der Waals surface area contributed by atoms with Gasteiger partial charge in [-0.2, -0.15) is 0 Å². The van der Waals surface area contributed by atoms with Gasteiger partial charge in [0, 0.05) is 12.6 Å². The third-order valence-electron chi connectivity index (χ3n) is 3.94. The molecule has 15 heavy (non-hydrogen) atoms. The van der Waals surface area contributed by atoms with E-state index in [0.717, 1.165) is 19.4 Å². The average Bonchev–Trinajstić information content (AvgIpc) is 2.94. The first-order chi connectivity index (χ1) is 7.05. The van der Waals surface area contributed by atoms with Crippen LogP contribution in [0, 0.1) is 5.41 Å². The van der Waals surface area contributed by atoms with Crippen LogP contribution in [0.2, 0.25) is 0 Å². The van der Waals surface area contributed by atoms with Crippen LogP contribution in [0.25, 0.3) is 0 Å². The zero-order valence-corrected chi connectivity index (χ0v) is 10.3. The Morgan fingerprint density at radius 3 is 2.67 bits per heavy atom. The molecule has 0 aromatic heterocycles. The smallest absolute Gasteiger partial charge is 0.151 e. The summed E-state index contributed by atoms with van der Waals surface area (Å²) in [6.45, 7) is 3.25. The molecule has 0 aromatic rings. The molecule has 4 heteroatoms. The van der Waals surface area contributed by atoms with Crippen molar-refractivity contribution in [2.75, 3.05) is 18.1 Å². The Labute approximate surface area is 92.6 Å². The molecular weight excluding hydrogens is 210 g/mol. The normalized spacial score (nSPS) is 32.5. The molecular formula is C11H21NO2S. The summed E-state index contributed by atoms with van der Waals surface area (Å²) in [5, 5.41) is 3.45. The van der Waals surface area contributed by atoms with Crippen molar-refractivity contribution < 1.29 is 8.42 Å². The summed E-state index contributed by atoms with van der Waals surface area (Å²) in [5.41, 5.74) is 0.515. The first kappa shape index (κ1) is 11.4. The SMILES string of the molecule is CCC1(CNC2CCCS(=O)(=O)C2)CC1. The molecule has 1 unspecified atom stereocenters. The highest BCUT2D eigenvalue weighted by Crippen LogP contribution is 2.47. The van der Waals surface area contributed by atoms with E-state index in [4.69, 9.17) is 0 Å². The number of rotatable bonds is 4. The van der Waals surface area contributed by atoms with Crippen molar-refractivity contribution in [2.45, 2.75) is 45.1 Å². The maximum Gasteiger partial charge on any atom is 0.151 e. The molecule has 2 rings (SSSR count). The lowest BCUT2D eigenvalue weighted by molar-refractivity contribution is 0.393. The molecule has 0 amide bonds. The van der Waals surface area contributed by atoms with Crippen molar-refractivity contribution in [3.8, 4) is 0 Å².